The van der Waals surface area contributed by atoms with Crippen LogP contribution in [-0.2, 0) is 9.59 Å². The molecule has 5 nitrogen and oxygen atoms in total. The molecule has 0 aromatic heterocycles. The molecule has 6 heteroatoms. The summed E-state index contributed by atoms with van der Waals surface area (Å²) in [7, 11) is 0. The molecule has 1 aromatic carbocycles. The summed E-state index contributed by atoms with van der Waals surface area (Å²) in [6.07, 6.45) is 1.85. The van der Waals surface area contributed by atoms with Crippen LogP contribution >= 0.6 is 11.6 Å². The van der Waals surface area contributed by atoms with Gasteiger partial charge in [-0.2, -0.15) is 0 Å². The van der Waals surface area contributed by atoms with Crippen LogP contribution in [0.15, 0.2) is 24.3 Å². The highest BCUT2D eigenvalue weighted by molar-refractivity contribution is 6.30. The number of halogens is 1. The van der Waals surface area contributed by atoms with E-state index in [1.165, 1.54) is 0 Å². The van der Waals surface area contributed by atoms with E-state index in [1.807, 2.05) is 30.0 Å². The molecule has 1 aromatic rings. The van der Waals surface area contributed by atoms with Crippen LogP contribution in [0.2, 0.25) is 5.02 Å². The van der Waals surface area contributed by atoms with Gasteiger partial charge in [-0.25, -0.2) is 0 Å². The Morgan fingerprint density at radius 1 is 1.27 bits per heavy atom. The van der Waals surface area contributed by atoms with E-state index in [1.54, 1.807) is 0 Å². The van der Waals surface area contributed by atoms with Crippen LogP contribution < -0.4 is 5.32 Å². The molecule has 0 bridgehead atoms. The second-order valence-corrected chi connectivity index (χ2v) is 7.92. The second-order valence-electron chi connectivity index (χ2n) is 7.48. The van der Waals surface area contributed by atoms with Gasteiger partial charge in [0, 0.05) is 43.2 Å². The van der Waals surface area contributed by atoms with Gasteiger partial charge in [0.05, 0.1) is 6.54 Å². The van der Waals surface area contributed by atoms with Crippen molar-refractivity contribution in [2.24, 2.45) is 5.92 Å². The summed E-state index contributed by atoms with van der Waals surface area (Å²) in [5, 5.41) is 3.72. The van der Waals surface area contributed by atoms with Crippen molar-refractivity contribution >= 4 is 23.4 Å². The maximum atomic E-state index is 12.7. The number of carbonyl (C=O) groups excluding carboxylic acids is 2. The van der Waals surface area contributed by atoms with Crippen LogP contribution in [0.5, 0.6) is 0 Å². The van der Waals surface area contributed by atoms with Crippen LogP contribution in [-0.4, -0.2) is 60.4 Å². The third-order valence-electron chi connectivity index (χ3n) is 5.46. The molecule has 2 amide bonds. The van der Waals surface area contributed by atoms with Gasteiger partial charge in [0.25, 0.3) is 0 Å². The molecule has 142 valence electrons. The fourth-order valence-electron chi connectivity index (χ4n) is 3.56. The summed E-state index contributed by atoms with van der Waals surface area (Å²) in [5.41, 5.74) is 1.16. The largest absolute Gasteiger partial charge is 0.353 e. The topological polar surface area (TPSA) is 52.7 Å². The van der Waals surface area contributed by atoms with Crippen molar-refractivity contribution in [1.29, 1.82) is 0 Å². The molecule has 1 saturated heterocycles. The van der Waals surface area contributed by atoms with Gasteiger partial charge in [0.2, 0.25) is 11.8 Å². The van der Waals surface area contributed by atoms with Gasteiger partial charge in [0.1, 0.15) is 0 Å². The maximum absolute atomic E-state index is 12.7. The summed E-state index contributed by atoms with van der Waals surface area (Å²) < 4.78 is 0. The molecular weight excluding hydrogens is 350 g/mol. The molecule has 2 fully saturated rings. The number of nitrogens with one attached hydrogen (secondary N) is 1. The Balaban J connectivity index is 1.44. The molecule has 1 aliphatic heterocycles. The minimum absolute atomic E-state index is 0.0716. The highest BCUT2D eigenvalue weighted by Gasteiger charge is 2.46. The molecule has 3 atom stereocenters. The van der Waals surface area contributed by atoms with Crippen LogP contribution in [0.4, 0.5) is 0 Å². The zero-order valence-corrected chi connectivity index (χ0v) is 16.3. The first-order valence-corrected chi connectivity index (χ1v) is 9.91. The third-order valence-corrected chi connectivity index (χ3v) is 5.69. The summed E-state index contributed by atoms with van der Waals surface area (Å²) in [5.74, 6) is 0.718. The van der Waals surface area contributed by atoms with E-state index in [0.29, 0.717) is 25.6 Å². The van der Waals surface area contributed by atoms with E-state index < -0.39 is 0 Å². The highest BCUT2D eigenvalue weighted by atomic mass is 35.5. The van der Waals surface area contributed by atoms with Gasteiger partial charge >= 0.3 is 0 Å². The average Bonchev–Trinajstić information content (AvgIpc) is 3.42. The molecule has 0 spiro atoms. The fraction of sp³-hybridized carbons (Fsp3) is 0.600. The van der Waals surface area contributed by atoms with E-state index in [2.05, 4.69) is 23.2 Å². The Bertz CT molecular complexity index is 658. The Labute approximate surface area is 160 Å². The number of amides is 2. The second kappa shape index (κ2) is 8.40. The highest BCUT2D eigenvalue weighted by Crippen LogP contribution is 2.48. The molecule has 0 radical (unpaired) electrons. The predicted molar refractivity (Wildman–Crippen MR) is 103 cm³/mol. The van der Waals surface area contributed by atoms with Gasteiger partial charge in [-0.1, -0.05) is 30.7 Å². The van der Waals surface area contributed by atoms with E-state index in [4.69, 9.17) is 11.6 Å². The average molecular weight is 378 g/mol. The van der Waals surface area contributed by atoms with Gasteiger partial charge in [-0.05, 0) is 43.4 Å². The van der Waals surface area contributed by atoms with E-state index in [-0.39, 0.29) is 23.8 Å². The number of hydrogen-bond acceptors (Lipinski definition) is 3. The van der Waals surface area contributed by atoms with Gasteiger partial charge in [-0.15, -0.1) is 0 Å². The Morgan fingerprint density at radius 2 is 2.00 bits per heavy atom. The quantitative estimate of drug-likeness (QED) is 0.828. The lowest BCUT2D eigenvalue weighted by molar-refractivity contribution is -0.134. The van der Waals surface area contributed by atoms with E-state index in [9.17, 15) is 9.59 Å². The van der Waals surface area contributed by atoms with Crippen molar-refractivity contribution < 1.29 is 9.59 Å². The van der Waals surface area contributed by atoms with E-state index in [0.717, 1.165) is 36.5 Å². The third kappa shape index (κ3) is 4.77. The summed E-state index contributed by atoms with van der Waals surface area (Å²) >= 11 is 6.06. The standard InChI is InChI=1S/C20H28ClN3O2/c1-3-14(2)22-19(25)13-23-7-9-24(10-8-23)20(26)18-12-17(18)15-5-4-6-16(21)11-15/h4-6,11,14,17-18H,3,7-10,12-13H2,1-2H3,(H,22,25). The number of nitrogens with zero attached hydrogens (tertiary/aromatic N) is 2. The lowest BCUT2D eigenvalue weighted by Crippen LogP contribution is -2.52. The maximum Gasteiger partial charge on any atom is 0.234 e. The number of hydrogen-bond donors (Lipinski definition) is 1. The number of benzene rings is 1. The molecule has 1 heterocycles. The number of rotatable bonds is 6. The number of carbonyl (C=O) groups is 2. The summed E-state index contributed by atoms with van der Waals surface area (Å²) in [4.78, 5) is 28.8. The molecule has 1 saturated carbocycles. The van der Waals surface area contributed by atoms with Crippen molar-refractivity contribution in [3.05, 3.63) is 34.9 Å². The van der Waals surface area contributed by atoms with Crippen LogP contribution in [0.1, 0.15) is 38.2 Å². The monoisotopic (exact) mass is 377 g/mol. The van der Waals surface area contributed by atoms with Crippen molar-refractivity contribution in [3.63, 3.8) is 0 Å². The zero-order chi connectivity index (χ0) is 18.7. The number of piperazine rings is 1. The Kier molecular flexibility index (Phi) is 6.20. The lowest BCUT2D eigenvalue weighted by atomic mass is 10.1. The van der Waals surface area contributed by atoms with Gasteiger partial charge in [0.15, 0.2) is 0 Å². The first-order valence-electron chi connectivity index (χ1n) is 9.54. The Hall–Kier alpha value is -1.59. The predicted octanol–water partition coefficient (Wildman–Crippen LogP) is 2.50. The molecule has 2 aliphatic rings. The van der Waals surface area contributed by atoms with Crippen molar-refractivity contribution in [1.82, 2.24) is 15.1 Å². The van der Waals surface area contributed by atoms with Crippen LogP contribution in [0.3, 0.4) is 0 Å². The summed E-state index contributed by atoms with van der Waals surface area (Å²) in [6.45, 7) is 7.41. The molecule has 1 N–H and O–H groups in total. The minimum Gasteiger partial charge on any atom is -0.353 e. The minimum atomic E-state index is 0.0716. The Morgan fingerprint density at radius 3 is 2.65 bits per heavy atom. The SMILES string of the molecule is CCC(C)NC(=O)CN1CCN(C(=O)C2CC2c2cccc(Cl)c2)CC1. The molecule has 1 aliphatic carbocycles. The van der Waals surface area contributed by atoms with E-state index >= 15 is 0 Å². The first-order chi connectivity index (χ1) is 12.5. The van der Waals surface area contributed by atoms with Crippen molar-refractivity contribution in [3.8, 4) is 0 Å². The molecule has 26 heavy (non-hydrogen) atoms. The zero-order valence-electron chi connectivity index (χ0n) is 15.6. The van der Waals surface area contributed by atoms with Gasteiger partial charge in [-0.3, -0.25) is 14.5 Å². The molecule has 3 unspecified atom stereocenters. The van der Waals surface area contributed by atoms with Crippen molar-refractivity contribution in [2.45, 2.75) is 38.6 Å². The molecule has 3 rings (SSSR count). The van der Waals surface area contributed by atoms with Gasteiger partial charge < -0.3 is 10.2 Å². The van der Waals surface area contributed by atoms with Crippen molar-refractivity contribution in [2.75, 3.05) is 32.7 Å². The fourth-order valence-corrected chi connectivity index (χ4v) is 3.76. The molecular formula is C20H28ClN3O2. The lowest BCUT2D eigenvalue weighted by Gasteiger charge is -2.34. The van der Waals surface area contributed by atoms with Crippen LogP contribution in [0.25, 0.3) is 0 Å². The van der Waals surface area contributed by atoms with Crippen LogP contribution in [0, 0.1) is 5.92 Å². The normalized spacial score (nSPS) is 24.2. The first kappa shape index (κ1) is 19.2. The smallest absolute Gasteiger partial charge is 0.234 e. The summed E-state index contributed by atoms with van der Waals surface area (Å²) in [6, 6.07) is 8.04.